The second-order valence-electron chi connectivity index (χ2n) is 16.1. The minimum atomic E-state index is -0.130. The third kappa shape index (κ3) is 4.31. The van der Waals surface area contributed by atoms with E-state index < -0.39 is 0 Å². The summed E-state index contributed by atoms with van der Waals surface area (Å²) >= 11 is 0. The molecule has 0 spiro atoms. The molecule has 1 aliphatic carbocycles. The molecule has 0 amide bonds. The summed E-state index contributed by atoms with van der Waals surface area (Å²) in [6, 6.07) is 70.5. The standard InChI is InChI=1S/C55H37N/c1-55(2)48-23-8-6-19-42(48)43-30-29-39(33-49(43)55)56(50-24-9-7-18-41(50)34-13-4-3-5-14-34)40-31-38-28-27-37-16-11-21-45-44-20-10-15-35-25-26-36-17-12-22-46(53(36)51(35)44)47(32-40)54(38)52(37)45/h3-33H,1-2H3. The Morgan fingerprint density at radius 3 is 1.55 bits per heavy atom. The van der Waals surface area contributed by atoms with E-state index in [0.717, 1.165) is 17.1 Å². The maximum Gasteiger partial charge on any atom is 0.0540 e. The van der Waals surface area contributed by atoms with Crippen molar-refractivity contribution in [1.29, 1.82) is 0 Å². The average molecular weight is 712 g/mol. The van der Waals surface area contributed by atoms with Crippen molar-refractivity contribution in [2.45, 2.75) is 19.3 Å². The smallest absolute Gasteiger partial charge is 0.0540 e. The van der Waals surface area contributed by atoms with Crippen LogP contribution in [0.4, 0.5) is 17.1 Å². The second kappa shape index (κ2) is 11.5. The molecule has 0 radical (unpaired) electrons. The van der Waals surface area contributed by atoms with Gasteiger partial charge in [-0.2, -0.15) is 0 Å². The molecule has 0 atom stereocenters. The highest BCUT2D eigenvalue weighted by Crippen LogP contribution is 2.52. The third-order valence-corrected chi connectivity index (χ3v) is 12.7. The largest absolute Gasteiger partial charge is 0.310 e. The van der Waals surface area contributed by atoms with Crippen molar-refractivity contribution < 1.29 is 0 Å². The first-order valence-corrected chi connectivity index (χ1v) is 19.7. The van der Waals surface area contributed by atoms with Gasteiger partial charge in [-0.3, -0.25) is 0 Å². The molecule has 11 aromatic carbocycles. The van der Waals surface area contributed by atoms with Crippen LogP contribution in [0, 0.1) is 0 Å². The van der Waals surface area contributed by atoms with Gasteiger partial charge in [-0.05, 0) is 123 Å². The van der Waals surface area contributed by atoms with Crippen LogP contribution in [-0.4, -0.2) is 0 Å². The van der Waals surface area contributed by atoms with Gasteiger partial charge in [0.2, 0.25) is 0 Å². The monoisotopic (exact) mass is 711 g/mol. The number of hydrogen-bond donors (Lipinski definition) is 0. The minimum absolute atomic E-state index is 0.130. The molecular formula is C55H37N. The minimum Gasteiger partial charge on any atom is -0.310 e. The number of para-hydroxylation sites is 1. The van der Waals surface area contributed by atoms with Gasteiger partial charge in [0.1, 0.15) is 0 Å². The molecule has 0 unspecified atom stereocenters. The Hall–Kier alpha value is -6.96. The molecule has 0 bridgehead atoms. The number of rotatable bonds is 4. The van der Waals surface area contributed by atoms with E-state index in [2.05, 4.69) is 207 Å². The van der Waals surface area contributed by atoms with Crippen LogP contribution < -0.4 is 4.90 Å². The van der Waals surface area contributed by atoms with Crippen molar-refractivity contribution >= 4 is 81.7 Å². The Labute approximate surface area is 326 Å². The molecule has 0 saturated heterocycles. The van der Waals surface area contributed by atoms with Gasteiger partial charge in [0, 0.05) is 22.4 Å². The lowest BCUT2D eigenvalue weighted by Gasteiger charge is -2.30. The molecule has 0 heterocycles. The van der Waals surface area contributed by atoms with Crippen LogP contribution in [-0.2, 0) is 5.41 Å². The molecule has 0 fully saturated rings. The van der Waals surface area contributed by atoms with Crippen molar-refractivity contribution in [3.63, 3.8) is 0 Å². The average Bonchev–Trinajstić information content (AvgIpc) is 3.48. The van der Waals surface area contributed by atoms with E-state index in [0.29, 0.717) is 0 Å². The lowest BCUT2D eigenvalue weighted by atomic mass is 9.82. The molecule has 262 valence electrons. The fourth-order valence-electron chi connectivity index (χ4n) is 10.2. The van der Waals surface area contributed by atoms with Crippen LogP contribution >= 0.6 is 0 Å². The summed E-state index contributed by atoms with van der Waals surface area (Å²) in [6.45, 7) is 4.75. The molecule has 0 aromatic heterocycles. The summed E-state index contributed by atoms with van der Waals surface area (Å²) in [5.41, 5.74) is 11.1. The zero-order valence-electron chi connectivity index (χ0n) is 31.3. The highest BCUT2D eigenvalue weighted by atomic mass is 15.1. The van der Waals surface area contributed by atoms with E-state index in [1.54, 1.807) is 0 Å². The molecule has 11 aromatic rings. The van der Waals surface area contributed by atoms with Gasteiger partial charge in [0.05, 0.1) is 5.69 Å². The lowest BCUT2D eigenvalue weighted by molar-refractivity contribution is 0.660. The highest BCUT2D eigenvalue weighted by molar-refractivity contribution is 6.37. The van der Waals surface area contributed by atoms with E-state index in [4.69, 9.17) is 0 Å². The van der Waals surface area contributed by atoms with Gasteiger partial charge in [-0.1, -0.05) is 172 Å². The Balaban J connectivity index is 1.24. The fraction of sp³-hybridized carbons (Fsp3) is 0.0545. The summed E-state index contributed by atoms with van der Waals surface area (Å²) in [4.78, 5) is 2.52. The Kier molecular flexibility index (Phi) is 6.46. The van der Waals surface area contributed by atoms with Crippen molar-refractivity contribution in [3.05, 3.63) is 199 Å². The first kappa shape index (κ1) is 31.4. The van der Waals surface area contributed by atoms with E-state index in [1.807, 2.05) is 0 Å². The topological polar surface area (TPSA) is 3.24 Å². The third-order valence-electron chi connectivity index (χ3n) is 12.7. The molecule has 0 aliphatic heterocycles. The predicted octanol–water partition coefficient (Wildman–Crippen LogP) is 15.5. The van der Waals surface area contributed by atoms with Crippen molar-refractivity contribution in [3.8, 4) is 22.3 Å². The summed E-state index contributed by atoms with van der Waals surface area (Å²) < 4.78 is 0. The van der Waals surface area contributed by atoms with E-state index in [1.165, 1.54) is 98.0 Å². The molecule has 12 rings (SSSR count). The number of hydrogen-bond acceptors (Lipinski definition) is 1. The van der Waals surface area contributed by atoms with Gasteiger partial charge in [0.15, 0.2) is 0 Å². The predicted molar refractivity (Wildman–Crippen MR) is 240 cm³/mol. The summed E-state index contributed by atoms with van der Waals surface area (Å²) in [5.74, 6) is 0. The Morgan fingerprint density at radius 2 is 0.875 bits per heavy atom. The zero-order chi connectivity index (χ0) is 37.1. The van der Waals surface area contributed by atoms with E-state index in [-0.39, 0.29) is 5.41 Å². The first-order chi connectivity index (χ1) is 27.5. The van der Waals surface area contributed by atoms with E-state index in [9.17, 15) is 0 Å². The first-order valence-electron chi connectivity index (χ1n) is 19.7. The SMILES string of the molecule is CC1(C)c2ccccc2-c2ccc(N(c3cc4ccc5cccc6c7cccc8ccc9cccc(c(c3)c4c56)c9c87)c3ccccc3-c3ccccc3)cc21. The fourth-order valence-corrected chi connectivity index (χ4v) is 10.2. The number of anilines is 3. The summed E-state index contributed by atoms with van der Waals surface area (Å²) in [6.07, 6.45) is 0. The molecule has 1 aliphatic rings. The zero-order valence-corrected chi connectivity index (χ0v) is 31.3. The number of nitrogens with zero attached hydrogens (tertiary/aromatic N) is 1. The van der Waals surface area contributed by atoms with Crippen LogP contribution in [0.3, 0.4) is 0 Å². The van der Waals surface area contributed by atoms with Gasteiger partial charge >= 0.3 is 0 Å². The van der Waals surface area contributed by atoms with Crippen LogP contribution in [0.5, 0.6) is 0 Å². The lowest BCUT2D eigenvalue weighted by Crippen LogP contribution is -2.17. The highest BCUT2D eigenvalue weighted by Gasteiger charge is 2.36. The molecule has 1 heteroatoms. The van der Waals surface area contributed by atoms with Crippen LogP contribution in [0.1, 0.15) is 25.0 Å². The van der Waals surface area contributed by atoms with Gasteiger partial charge in [0.25, 0.3) is 0 Å². The quantitative estimate of drug-likeness (QED) is 0.164. The summed E-state index contributed by atoms with van der Waals surface area (Å²) in [7, 11) is 0. The number of benzene rings is 10. The molecule has 1 nitrogen and oxygen atoms in total. The van der Waals surface area contributed by atoms with Gasteiger partial charge < -0.3 is 4.90 Å². The van der Waals surface area contributed by atoms with Crippen molar-refractivity contribution in [2.75, 3.05) is 4.90 Å². The molecule has 0 N–H and O–H groups in total. The van der Waals surface area contributed by atoms with Crippen molar-refractivity contribution in [2.24, 2.45) is 0 Å². The van der Waals surface area contributed by atoms with Crippen molar-refractivity contribution in [1.82, 2.24) is 0 Å². The maximum absolute atomic E-state index is 2.52. The Morgan fingerprint density at radius 1 is 0.339 bits per heavy atom. The van der Waals surface area contributed by atoms with Gasteiger partial charge in [-0.15, -0.1) is 0 Å². The van der Waals surface area contributed by atoms with Gasteiger partial charge in [-0.25, -0.2) is 0 Å². The molecule has 0 saturated carbocycles. The molecular weight excluding hydrogens is 675 g/mol. The Bertz CT molecular complexity index is 3380. The normalized spacial score (nSPS) is 13.3. The summed E-state index contributed by atoms with van der Waals surface area (Å²) in [5, 5.41) is 15.4. The van der Waals surface area contributed by atoms with Crippen LogP contribution in [0.15, 0.2) is 188 Å². The molecule has 56 heavy (non-hydrogen) atoms. The van der Waals surface area contributed by atoms with E-state index >= 15 is 0 Å². The second-order valence-corrected chi connectivity index (χ2v) is 16.1. The van der Waals surface area contributed by atoms with Crippen LogP contribution in [0.25, 0.3) is 86.9 Å². The number of fused-ring (bicyclic) bond motifs is 5. The van der Waals surface area contributed by atoms with Crippen LogP contribution in [0.2, 0.25) is 0 Å². The maximum atomic E-state index is 2.52.